The second-order valence-electron chi connectivity index (χ2n) is 4.46. The highest BCUT2D eigenvalue weighted by Gasteiger charge is 2.29. The molecule has 0 rings (SSSR count). The highest BCUT2D eigenvalue weighted by atomic mass is 36.0. The molecule has 0 spiro atoms. The molecular weight excluding hydrogens is 372 g/mol. The van der Waals surface area contributed by atoms with Crippen LogP contribution >= 0.6 is 56.8 Å². The number of nitrogens with zero attached hydrogens (tertiary/aromatic N) is 2. The SMILES string of the molecule is CC(C)CCP(=O)(Cl)N(C#N)C(C)C.O=P(Cl)(Cl)Cl. The van der Waals surface area contributed by atoms with Crippen molar-refractivity contribution in [1.82, 2.24) is 4.67 Å². The molecule has 0 saturated heterocycles. The lowest BCUT2D eigenvalue weighted by Gasteiger charge is -2.25. The zero-order chi connectivity index (χ0) is 15.9. The Morgan fingerprint density at radius 2 is 1.47 bits per heavy atom. The van der Waals surface area contributed by atoms with E-state index in [0.29, 0.717) is 12.1 Å². The Balaban J connectivity index is 0. The molecule has 0 aromatic rings. The molecule has 0 aliphatic rings. The van der Waals surface area contributed by atoms with Crippen LogP contribution in [0.3, 0.4) is 0 Å². The minimum absolute atomic E-state index is 0.101. The summed E-state index contributed by atoms with van der Waals surface area (Å²) in [5.41, 5.74) is 0. The van der Waals surface area contributed by atoms with Crippen molar-refractivity contribution in [3.63, 3.8) is 0 Å². The lowest BCUT2D eigenvalue weighted by Crippen LogP contribution is -2.22. The van der Waals surface area contributed by atoms with Gasteiger partial charge < -0.3 is 0 Å². The van der Waals surface area contributed by atoms with Gasteiger partial charge in [-0.25, -0.2) is 4.67 Å². The maximum Gasteiger partial charge on any atom is 0.339 e. The van der Waals surface area contributed by atoms with Gasteiger partial charge >= 0.3 is 5.20 Å². The second-order valence-corrected chi connectivity index (χ2v) is 14.8. The largest absolute Gasteiger partial charge is 0.339 e. The zero-order valence-corrected chi connectivity index (χ0v) is 16.0. The molecule has 0 bridgehead atoms. The predicted molar refractivity (Wildman–Crippen MR) is 85.5 cm³/mol. The van der Waals surface area contributed by atoms with E-state index in [1.807, 2.05) is 33.9 Å². The van der Waals surface area contributed by atoms with Crippen molar-refractivity contribution in [3.05, 3.63) is 0 Å². The minimum atomic E-state index is -3.22. The Bertz CT molecular complexity index is 384. The van der Waals surface area contributed by atoms with Crippen LogP contribution in [0.5, 0.6) is 0 Å². The van der Waals surface area contributed by atoms with Gasteiger partial charge in [0, 0.05) is 12.2 Å². The van der Waals surface area contributed by atoms with E-state index in [0.717, 1.165) is 6.42 Å². The highest BCUT2D eigenvalue weighted by Crippen LogP contribution is 2.61. The number of hydrogen-bond donors (Lipinski definition) is 0. The van der Waals surface area contributed by atoms with Crippen LogP contribution in [0, 0.1) is 17.4 Å². The molecule has 4 nitrogen and oxygen atoms in total. The van der Waals surface area contributed by atoms with Gasteiger partial charge in [-0.15, -0.1) is 0 Å². The summed E-state index contributed by atoms with van der Waals surface area (Å²) in [6.45, 7) is 4.75. The minimum Gasteiger partial charge on any atom is -0.282 e. The normalized spacial score (nSPS) is 14.4. The van der Waals surface area contributed by atoms with Gasteiger partial charge in [0.05, 0.1) is 0 Å². The van der Waals surface area contributed by atoms with Gasteiger partial charge in [-0.1, -0.05) is 13.8 Å². The summed E-state index contributed by atoms with van der Waals surface area (Å²) >= 11 is 19.7. The summed E-state index contributed by atoms with van der Waals surface area (Å²) in [5.74, 6) is 0.454. The van der Waals surface area contributed by atoms with Gasteiger partial charge in [-0.2, -0.15) is 5.26 Å². The molecule has 0 aliphatic carbocycles. The van der Waals surface area contributed by atoms with Gasteiger partial charge in [0.25, 0.3) is 6.65 Å². The third-order valence-electron chi connectivity index (χ3n) is 1.90. The number of halogens is 4. The van der Waals surface area contributed by atoms with Crippen LogP contribution < -0.4 is 0 Å². The van der Waals surface area contributed by atoms with Gasteiger partial charge in [0.15, 0.2) is 6.19 Å². The zero-order valence-electron chi connectivity index (χ0n) is 11.2. The van der Waals surface area contributed by atoms with Crippen molar-refractivity contribution in [3.8, 4) is 6.19 Å². The van der Waals surface area contributed by atoms with E-state index in [1.165, 1.54) is 4.67 Å². The maximum atomic E-state index is 12.0. The molecule has 0 saturated carbocycles. The molecular formula is C9H18Cl4N2O2P2. The van der Waals surface area contributed by atoms with Crippen LogP contribution in [0.25, 0.3) is 0 Å². The fourth-order valence-electron chi connectivity index (χ4n) is 1.05. The van der Waals surface area contributed by atoms with Gasteiger partial charge in [0.1, 0.15) is 0 Å². The lowest BCUT2D eigenvalue weighted by molar-refractivity contribution is 0.457. The fourth-order valence-corrected chi connectivity index (χ4v) is 3.84. The van der Waals surface area contributed by atoms with Crippen molar-refractivity contribution in [2.45, 2.75) is 40.2 Å². The van der Waals surface area contributed by atoms with Gasteiger partial charge in [0.2, 0.25) is 0 Å². The Morgan fingerprint density at radius 1 is 1.11 bits per heavy atom. The standard InChI is InChI=1S/C9H18ClN2OP.Cl3OP/c1-8(2)5-6-14(10,13)12(7-11)9(3)4;1-5(2,3)4/h8-9H,5-6H2,1-4H3;. The quantitative estimate of drug-likeness (QED) is 0.307. The molecule has 19 heavy (non-hydrogen) atoms. The van der Waals surface area contributed by atoms with E-state index >= 15 is 0 Å². The smallest absolute Gasteiger partial charge is 0.282 e. The van der Waals surface area contributed by atoms with E-state index in [9.17, 15) is 9.13 Å². The molecule has 1 unspecified atom stereocenters. The molecule has 0 amide bonds. The maximum absolute atomic E-state index is 12.0. The summed E-state index contributed by atoms with van der Waals surface area (Å²) in [4.78, 5) is 0. The highest BCUT2D eigenvalue weighted by molar-refractivity contribution is 8.24. The van der Waals surface area contributed by atoms with Crippen LogP contribution in [-0.4, -0.2) is 16.9 Å². The first kappa shape index (κ1) is 22.2. The Labute approximate surface area is 134 Å². The van der Waals surface area contributed by atoms with Crippen molar-refractivity contribution in [2.24, 2.45) is 5.92 Å². The van der Waals surface area contributed by atoms with E-state index in [-0.39, 0.29) is 6.04 Å². The lowest BCUT2D eigenvalue weighted by atomic mass is 10.2. The van der Waals surface area contributed by atoms with Crippen molar-refractivity contribution < 1.29 is 9.13 Å². The first-order valence-electron chi connectivity index (χ1n) is 5.48. The van der Waals surface area contributed by atoms with Crippen LogP contribution in [0.1, 0.15) is 34.1 Å². The molecule has 0 heterocycles. The second kappa shape index (κ2) is 9.78. The Kier molecular flexibility index (Phi) is 11.4. The van der Waals surface area contributed by atoms with Crippen molar-refractivity contribution in [1.29, 1.82) is 5.26 Å². The van der Waals surface area contributed by atoms with Crippen LogP contribution in [-0.2, 0) is 9.13 Å². The van der Waals surface area contributed by atoms with Crippen molar-refractivity contribution in [2.75, 3.05) is 6.16 Å². The molecule has 0 aliphatic heterocycles. The third kappa shape index (κ3) is 15.1. The average Bonchev–Trinajstić information content (AvgIpc) is 2.12. The molecule has 0 aromatic heterocycles. The number of nitriles is 1. The number of hydrogen-bond acceptors (Lipinski definition) is 3. The van der Waals surface area contributed by atoms with E-state index in [1.54, 1.807) is 0 Å². The topological polar surface area (TPSA) is 61.2 Å². The fraction of sp³-hybridized carbons (Fsp3) is 0.889. The van der Waals surface area contributed by atoms with E-state index < -0.39 is 11.8 Å². The van der Waals surface area contributed by atoms with E-state index in [4.69, 9.17) is 16.5 Å². The first-order chi connectivity index (χ1) is 8.31. The molecule has 10 heteroatoms. The Morgan fingerprint density at radius 3 is 1.68 bits per heavy atom. The summed E-state index contributed by atoms with van der Waals surface area (Å²) in [5, 5.41) is 5.59. The number of rotatable bonds is 5. The molecule has 0 fully saturated rings. The summed E-state index contributed by atoms with van der Waals surface area (Å²) in [6.07, 6.45) is 3.09. The molecule has 0 radical (unpaired) electrons. The van der Waals surface area contributed by atoms with Gasteiger partial charge in [-0.3, -0.25) is 9.13 Å². The van der Waals surface area contributed by atoms with Gasteiger partial charge in [-0.05, 0) is 71.1 Å². The van der Waals surface area contributed by atoms with Crippen LogP contribution in [0.2, 0.25) is 0 Å². The van der Waals surface area contributed by atoms with E-state index in [2.05, 4.69) is 33.7 Å². The van der Waals surface area contributed by atoms with Crippen LogP contribution in [0.15, 0.2) is 0 Å². The van der Waals surface area contributed by atoms with Crippen LogP contribution in [0.4, 0.5) is 0 Å². The molecule has 114 valence electrons. The average molecular weight is 390 g/mol. The first-order valence-corrected chi connectivity index (χ1v) is 12.7. The monoisotopic (exact) mass is 388 g/mol. The summed E-state index contributed by atoms with van der Waals surface area (Å²) in [6, 6.07) is -0.101. The van der Waals surface area contributed by atoms with Crippen molar-refractivity contribution >= 4 is 56.8 Å². The third-order valence-corrected chi connectivity index (χ3v) is 4.90. The molecule has 0 N–H and O–H groups in total. The molecule has 0 aromatic carbocycles. The summed E-state index contributed by atoms with van der Waals surface area (Å²) in [7, 11) is 0. The Hall–Kier alpha value is 0.910. The summed E-state index contributed by atoms with van der Waals surface area (Å²) < 4.78 is 22.7. The molecule has 1 atom stereocenters. The predicted octanol–water partition coefficient (Wildman–Crippen LogP) is 6.47.